The van der Waals surface area contributed by atoms with Gasteiger partial charge >= 0.3 is 6.01 Å². The predicted molar refractivity (Wildman–Crippen MR) is 149 cm³/mol. The maximum Gasteiger partial charge on any atom is 0.319 e. The van der Waals surface area contributed by atoms with Gasteiger partial charge in [-0.15, -0.1) is 0 Å². The normalized spacial score (nSPS) is 25.2. The van der Waals surface area contributed by atoms with Crippen LogP contribution in [0.2, 0.25) is 0 Å². The van der Waals surface area contributed by atoms with Gasteiger partial charge in [0.15, 0.2) is 5.82 Å². The van der Waals surface area contributed by atoms with Gasteiger partial charge < -0.3 is 25.2 Å². The Labute approximate surface area is 226 Å². The number of rotatable bonds is 5. The number of likely N-dealkylation sites (tertiary alicyclic amines) is 1. The van der Waals surface area contributed by atoms with E-state index in [-0.39, 0.29) is 29.4 Å². The predicted octanol–water partition coefficient (Wildman–Crippen LogP) is 3.68. The van der Waals surface area contributed by atoms with Crippen LogP contribution in [0.25, 0.3) is 32.8 Å². The number of likely N-dealkylation sites (N-methyl/N-ethyl adjacent to an activating group) is 1. The van der Waals surface area contributed by atoms with E-state index < -0.39 is 5.82 Å². The molecule has 9 heteroatoms. The molecule has 0 amide bonds. The van der Waals surface area contributed by atoms with Gasteiger partial charge in [-0.1, -0.05) is 30.3 Å². The molecule has 0 saturated carbocycles. The molecule has 3 saturated heterocycles. The highest BCUT2D eigenvalue weighted by atomic mass is 19.1. The quantitative estimate of drug-likeness (QED) is 0.361. The summed E-state index contributed by atoms with van der Waals surface area (Å²) in [4.78, 5) is 13.7. The molecule has 0 unspecified atom stereocenters. The smallest absolute Gasteiger partial charge is 0.319 e. The Bertz CT molecular complexity index is 1550. The van der Waals surface area contributed by atoms with Gasteiger partial charge in [-0.05, 0) is 60.8 Å². The van der Waals surface area contributed by atoms with Gasteiger partial charge in [-0.25, -0.2) is 4.39 Å². The van der Waals surface area contributed by atoms with E-state index >= 15 is 4.39 Å². The van der Waals surface area contributed by atoms with Gasteiger partial charge in [-0.3, -0.25) is 4.90 Å². The zero-order valence-corrected chi connectivity index (χ0v) is 21.8. The van der Waals surface area contributed by atoms with Crippen LogP contribution in [-0.4, -0.2) is 82.6 Å². The third-order valence-electron chi connectivity index (χ3n) is 8.49. The van der Waals surface area contributed by atoms with Crippen molar-refractivity contribution < 1.29 is 19.3 Å². The first-order valence-electron chi connectivity index (χ1n) is 13.7. The van der Waals surface area contributed by atoms with Crippen LogP contribution >= 0.6 is 0 Å². The largest absolute Gasteiger partial charge is 0.508 e. The highest BCUT2D eigenvalue weighted by molar-refractivity contribution is 6.01. The molecule has 3 fully saturated rings. The van der Waals surface area contributed by atoms with Crippen molar-refractivity contribution in [1.82, 2.24) is 20.2 Å². The minimum atomic E-state index is -0.469. The number of hydrogen-bond donors (Lipinski definition) is 3. The summed E-state index contributed by atoms with van der Waals surface area (Å²) in [5.74, 6) is 0.289. The fraction of sp³-hybridized carbons (Fsp3) is 0.400. The molecule has 8 nitrogen and oxygen atoms in total. The summed E-state index contributed by atoms with van der Waals surface area (Å²) in [6.07, 6.45) is 2.46. The number of anilines is 1. The minimum absolute atomic E-state index is 0.0348. The zero-order valence-electron chi connectivity index (χ0n) is 21.8. The average Bonchev–Trinajstić information content (AvgIpc) is 3.44. The Morgan fingerprint density at radius 3 is 2.56 bits per heavy atom. The molecular formula is C30H32FN5O3. The third kappa shape index (κ3) is 4.44. The molecule has 39 heavy (non-hydrogen) atoms. The number of piperazine rings is 1. The van der Waals surface area contributed by atoms with E-state index in [1.54, 1.807) is 18.2 Å². The number of nitrogens with zero attached hydrogens (tertiary/aromatic N) is 4. The molecule has 3 aromatic carbocycles. The van der Waals surface area contributed by atoms with Gasteiger partial charge in [0.25, 0.3) is 0 Å². The summed E-state index contributed by atoms with van der Waals surface area (Å²) in [5.41, 5.74) is 1.17. The monoisotopic (exact) mass is 529 g/mol. The second-order valence-corrected chi connectivity index (χ2v) is 11.2. The van der Waals surface area contributed by atoms with Crippen LogP contribution in [-0.2, 0) is 0 Å². The van der Waals surface area contributed by atoms with Gasteiger partial charge in [0, 0.05) is 48.7 Å². The van der Waals surface area contributed by atoms with Crippen LogP contribution in [0.1, 0.15) is 19.3 Å². The molecule has 4 aromatic rings. The second-order valence-electron chi connectivity index (χ2n) is 11.2. The molecule has 3 aliphatic rings. The zero-order chi connectivity index (χ0) is 26.7. The van der Waals surface area contributed by atoms with Gasteiger partial charge in [0.1, 0.15) is 23.7 Å². The highest BCUT2D eigenvalue weighted by Gasteiger charge is 2.34. The number of aromatic hydroxyl groups is 1. The van der Waals surface area contributed by atoms with Crippen molar-refractivity contribution in [3.63, 3.8) is 0 Å². The Kier molecular flexibility index (Phi) is 6.02. The molecule has 1 aromatic heterocycles. The molecule has 3 aliphatic heterocycles. The molecule has 0 radical (unpaired) electrons. The Morgan fingerprint density at radius 2 is 1.79 bits per heavy atom. The number of nitrogens with one attached hydrogen (secondary N) is 1. The number of phenolic OH excluding ortho intramolecular Hbond substituents is 1. The Morgan fingerprint density at radius 1 is 1.00 bits per heavy atom. The number of halogens is 1. The van der Waals surface area contributed by atoms with Crippen LogP contribution < -0.4 is 15.0 Å². The van der Waals surface area contributed by atoms with Crippen molar-refractivity contribution in [3.8, 4) is 22.9 Å². The van der Waals surface area contributed by atoms with Crippen LogP contribution in [0.4, 0.5) is 10.2 Å². The van der Waals surface area contributed by atoms with Crippen molar-refractivity contribution in [2.24, 2.45) is 0 Å². The van der Waals surface area contributed by atoms with E-state index in [0.717, 1.165) is 36.7 Å². The molecule has 2 bridgehead atoms. The topological polar surface area (TPSA) is 94.0 Å². The van der Waals surface area contributed by atoms with Crippen molar-refractivity contribution in [2.45, 2.75) is 43.5 Å². The molecule has 4 heterocycles. The van der Waals surface area contributed by atoms with E-state index in [4.69, 9.17) is 9.72 Å². The lowest BCUT2D eigenvalue weighted by Gasteiger charge is -2.34. The van der Waals surface area contributed by atoms with Crippen LogP contribution in [0.15, 0.2) is 48.5 Å². The van der Waals surface area contributed by atoms with E-state index in [1.165, 1.54) is 0 Å². The number of fused-ring (bicyclic) bond motifs is 4. The maximum atomic E-state index is 16.5. The molecule has 3 N–H and O–H groups in total. The number of aromatic nitrogens is 2. The van der Waals surface area contributed by atoms with E-state index in [0.29, 0.717) is 54.0 Å². The number of aliphatic hydroxyl groups is 1. The summed E-state index contributed by atoms with van der Waals surface area (Å²) in [6.45, 7) is 2.49. The number of benzene rings is 3. The first-order valence-corrected chi connectivity index (χ1v) is 13.7. The van der Waals surface area contributed by atoms with Crippen LogP contribution in [0.5, 0.6) is 11.8 Å². The summed E-state index contributed by atoms with van der Waals surface area (Å²) in [7, 11) is 1.96. The summed E-state index contributed by atoms with van der Waals surface area (Å²) < 4.78 is 22.5. The molecule has 202 valence electrons. The second kappa shape index (κ2) is 9.59. The lowest BCUT2D eigenvalue weighted by molar-refractivity contribution is 0.182. The minimum Gasteiger partial charge on any atom is -0.508 e. The fourth-order valence-electron chi connectivity index (χ4n) is 6.54. The molecule has 0 spiro atoms. The van der Waals surface area contributed by atoms with Gasteiger partial charge in [-0.2, -0.15) is 9.97 Å². The third-order valence-corrected chi connectivity index (χ3v) is 8.49. The molecule has 0 aliphatic carbocycles. The SMILES string of the molecule is CN1C[C@H](O)C[C@H]1COc1nc(N2C[C@H]3CC[C@@H](C2)N3)c2ccc(-c3cc(O)cc4ccccc34)c(F)c2n1. The number of β-amino-alcohol motifs (C(OH)–C–C–N with tert-alkyl or cyclic N) is 1. The standard InChI is InChI=1S/C30H32FN5O3/c1-35-15-22(38)11-20(35)16-39-30-33-28-25(29(34-30)36-13-18-6-7-19(14-36)32-18)9-8-24(27(28)31)26-12-21(37)10-17-4-2-3-5-23(17)26/h2-5,8-10,12,18-20,22,32,37-38H,6-7,11,13-16H2,1H3/t18-,19+,20-,22+/m0/s1. The first-order chi connectivity index (χ1) is 18.9. The summed E-state index contributed by atoms with van der Waals surface area (Å²) in [5, 5.41) is 26.4. The van der Waals surface area contributed by atoms with Crippen LogP contribution in [0, 0.1) is 5.82 Å². The molecular weight excluding hydrogens is 497 g/mol. The average molecular weight is 530 g/mol. The van der Waals surface area contributed by atoms with Gasteiger partial charge in [0.2, 0.25) is 0 Å². The Hall–Kier alpha value is -3.53. The van der Waals surface area contributed by atoms with E-state index in [2.05, 4.69) is 20.1 Å². The molecule has 7 rings (SSSR count). The number of aliphatic hydroxyl groups excluding tert-OH is 1. The summed E-state index contributed by atoms with van der Waals surface area (Å²) in [6, 6.07) is 15.5. The van der Waals surface area contributed by atoms with Crippen molar-refractivity contribution in [1.29, 1.82) is 0 Å². The lowest BCUT2D eigenvalue weighted by atomic mass is 9.96. The molecule has 4 atom stereocenters. The summed E-state index contributed by atoms with van der Waals surface area (Å²) >= 11 is 0. The number of ether oxygens (including phenoxy) is 1. The van der Waals surface area contributed by atoms with Crippen molar-refractivity contribution in [2.75, 3.05) is 38.2 Å². The van der Waals surface area contributed by atoms with Crippen LogP contribution in [0.3, 0.4) is 0 Å². The van der Waals surface area contributed by atoms with Crippen molar-refractivity contribution >= 4 is 27.5 Å². The maximum absolute atomic E-state index is 16.5. The van der Waals surface area contributed by atoms with E-state index in [9.17, 15) is 10.2 Å². The number of phenols is 1. The van der Waals surface area contributed by atoms with Crippen molar-refractivity contribution in [3.05, 3.63) is 54.3 Å². The fourth-order valence-corrected chi connectivity index (χ4v) is 6.54. The first kappa shape index (κ1) is 24.5. The van der Waals surface area contributed by atoms with E-state index in [1.807, 2.05) is 37.4 Å². The number of hydrogen-bond acceptors (Lipinski definition) is 8. The van der Waals surface area contributed by atoms with Gasteiger partial charge in [0.05, 0.1) is 6.10 Å². The Balaban J connectivity index is 1.34. The lowest BCUT2D eigenvalue weighted by Crippen LogP contribution is -2.51. The highest BCUT2D eigenvalue weighted by Crippen LogP contribution is 2.39.